The summed E-state index contributed by atoms with van der Waals surface area (Å²) in [5, 5.41) is 0. The predicted octanol–water partition coefficient (Wildman–Crippen LogP) is 3.00. The van der Waals surface area contributed by atoms with E-state index < -0.39 is 5.79 Å². The third kappa shape index (κ3) is 4.06. The Balaban J connectivity index is 1.96. The lowest BCUT2D eigenvalue weighted by Crippen LogP contribution is -2.59. The number of nitrogens with zero attached hydrogens (tertiary/aromatic N) is 1. The van der Waals surface area contributed by atoms with Gasteiger partial charge in [0.1, 0.15) is 0 Å². The highest BCUT2D eigenvalue weighted by Gasteiger charge is 2.32. The summed E-state index contributed by atoms with van der Waals surface area (Å²) in [6.45, 7) is 1.24. The maximum absolute atomic E-state index is 6.60. The molecule has 4 heteroatoms. The van der Waals surface area contributed by atoms with Crippen LogP contribution in [0.1, 0.15) is 16.7 Å². The van der Waals surface area contributed by atoms with E-state index in [2.05, 4.69) is 24.3 Å². The first kappa shape index (κ1) is 17.2. The van der Waals surface area contributed by atoms with Gasteiger partial charge in [0.25, 0.3) is 0 Å². The highest BCUT2D eigenvalue weighted by atomic mass is 15.4. The van der Waals surface area contributed by atoms with Crippen LogP contribution in [-0.2, 0) is 18.9 Å². The molecule has 0 aliphatic carbocycles. The van der Waals surface area contributed by atoms with Crippen LogP contribution in [0.3, 0.4) is 0 Å². The molecule has 0 saturated carbocycles. The topological polar surface area (TPSA) is 81.3 Å². The zero-order chi connectivity index (χ0) is 17.7. The Hall–Kier alpha value is -2.66. The minimum atomic E-state index is -1.18. The number of benzene rings is 3. The van der Waals surface area contributed by atoms with E-state index in [0.717, 1.165) is 16.7 Å². The van der Waals surface area contributed by atoms with E-state index >= 15 is 0 Å². The van der Waals surface area contributed by atoms with Crippen molar-refractivity contribution in [1.29, 1.82) is 0 Å². The third-order valence-electron chi connectivity index (χ3n) is 4.35. The summed E-state index contributed by atoms with van der Waals surface area (Å²) in [7, 11) is 0. The minimum absolute atomic E-state index is 0.596. The van der Waals surface area contributed by atoms with E-state index in [1.54, 1.807) is 0 Å². The van der Waals surface area contributed by atoms with Crippen molar-refractivity contribution in [2.75, 3.05) is 5.73 Å². The largest absolute Gasteiger partial charge is 0.398 e. The van der Waals surface area contributed by atoms with Crippen LogP contribution in [0.15, 0.2) is 84.9 Å². The summed E-state index contributed by atoms with van der Waals surface area (Å²) in [4.78, 5) is 2.04. The molecule has 3 aromatic rings. The summed E-state index contributed by atoms with van der Waals surface area (Å²) in [6.07, 6.45) is 0. The van der Waals surface area contributed by atoms with Gasteiger partial charge < -0.3 is 5.73 Å². The van der Waals surface area contributed by atoms with Gasteiger partial charge in [-0.05, 0) is 17.2 Å². The zero-order valence-corrected chi connectivity index (χ0v) is 14.2. The van der Waals surface area contributed by atoms with Crippen molar-refractivity contribution in [3.63, 3.8) is 0 Å². The van der Waals surface area contributed by atoms with Gasteiger partial charge in [0.05, 0.1) is 0 Å². The molecule has 6 N–H and O–H groups in total. The predicted molar refractivity (Wildman–Crippen MR) is 103 cm³/mol. The summed E-state index contributed by atoms with van der Waals surface area (Å²) < 4.78 is 0. The Morgan fingerprint density at radius 3 is 1.56 bits per heavy atom. The summed E-state index contributed by atoms with van der Waals surface area (Å²) in [5.41, 5.74) is 23.0. The fourth-order valence-corrected chi connectivity index (χ4v) is 2.96. The van der Waals surface area contributed by atoms with Gasteiger partial charge in [0, 0.05) is 24.3 Å². The molecule has 0 aliphatic heterocycles. The average molecular weight is 332 g/mol. The number of nitrogens with two attached hydrogens (primary N) is 3. The van der Waals surface area contributed by atoms with Crippen LogP contribution in [-0.4, -0.2) is 4.90 Å². The molecule has 128 valence electrons. The number of rotatable bonds is 6. The molecule has 0 bridgehead atoms. The van der Waals surface area contributed by atoms with Crippen LogP contribution in [0, 0.1) is 0 Å². The van der Waals surface area contributed by atoms with Crippen LogP contribution in [0.4, 0.5) is 5.69 Å². The van der Waals surface area contributed by atoms with E-state index in [1.165, 1.54) is 0 Å². The highest BCUT2D eigenvalue weighted by molar-refractivity contribution is 5.49. The lowest BCUT2D eigenvalue weighted by molar-refractivity contribution is 0.0784. The zero-order valence-electron chi connectivity index (χ0n) is 14.2. The number of nitrogen functional groups attached to an aromatic ring is 1. The van der Waals surface area contributed by atoms with E-state index in [9.17, 15) is 0 Å². The smallest absolute Gasteiger partial charge is 0.150 e. The van der Waals surface area contributed by atoms with Crippen molar-refractivity contribution < 1.29 is 0 Å². The molecule has 0 atom stereocenters. The molecular formula is C21H24N4. The van der Waals surface area contributed by atoms with Crippen LogP contribution in [0.5, 0.6) is 0 Å². The van der Waals surface area contributed by atoms with E-state index in [-0.39, 0.29) is 0 Å². The average Bonchev–Trinajstić information content (AvgIpc) is 2.63. The SMILES string of the molecule is Nc1ccccc1C(N)(N)N(Cc1ccccc1)Cc1ccccc1. The molecular weight excluding hydrogens is 308 g/mol. The second-order valence-corrected chi connectivity index (χ2v) is 6.24. The molecule has 0 aromatic heterocycles. The second kappa shape index (κ2) is 7.49. The molecule has 0 fully saturated rings. The van der Waals surface area contributed by atoms with Crippen LogP contribution in [0.25, 0.3) is 0 Å². The van der Waals surface area contributed by atoms with Crippen molar-refractivity contribution in [2.45, 2.75) is 18.9 Å². The number of hydrogen-bond donors (Lipinski definition) is 3. The molecule has 25 heavy (non-hydrogen) atoms. The van der Waals surface area contributed by atoms with Gasteiger partial charge in [-0.25, -0.2) is 0 Å². The molecule has 0 aliphatic rings. The Morgan fingerprint density at radius 1 is 0.640 bits per heavy atom. The highest BCUT2D eigenvalue weighted by Crippen LogP contribution is 2.26. The molecule has 0 spiro atoms. The lowest BCUT2D eigenvalue weighted by Gasteiger charge is -2.39. The molecule has 3 rings (SSSR count). The number of anilines is 1. The first-order chi connectivity index (χ1) is 12.1. The van der Waals surface area contributed by atoms with Crippen molar-refractivity contribution in [3.8, 4) is 0 Å². The Kier molecular flexibility index (Phi) is 5.14. The number of para-hydroxylation sites is 1. The van der Waals surface area contributed by atoms with Crippen LogP contribution < -0.4 is 17.2 Å². The molecule has 0 radical (unpaired) electrons. The molecule has 0 amide bonds. The summed E-state index contributed by atoms with van der Waals surface area (Å²) >= 11 is 0. The standard InChI is InChI=1S/C21H24N4/c22-20-14-8-7-13-19(20)21(23,24)25(15-17-9-3-1-4-10-17)16-18-11-5-2-6-12-18/h1-14H,15-16,22-24H2. The maximum atomic E-state index is 6.60. The molecule has 4 nitrogen and oxygen atoms in total. The van der Waals surface area contributed by atoms with Gasteiger partial charge in [-0.2, -0.15) is 0 Å². The third-order valence-corrected chi connectivity index (χ3v) is 4.35. The second-order valence-electron chi connectivity index (χ2n) is 6.24. The van der Waals surface area contributed by atoms with E-state index in [0.29, 0.717) is 18.8 Å². The van der Waals surface area contributed by atoms with E-state index in [1.807, 2.05) is 65.6 Å². The summed E-state index contributed by atoms with van der Waals surface area (Å²) in [6, 6.07) is 27.8. The van der Waals surface area contributed by atoms with Crippen molar-refractivity contribution >= 4 is 5.69 Å². The van der Waals surface area contributed by atoms with Crippen LogP contribution >= 0.6 is 0 Å². The first-order valence-electron chi connectivity index (χ1n) is 8.33. The monoisotopic (exact) mass is 332 g/mol. The fourth-order valence-electron chi connectivity index (χ4n) is 2.96. The van der Waals surface area contributed by atoms with E-state index in [4.69, 9.17) is 17.2 Å². The Bertz CT molecular complexity index is 759. The quantitative estimate of drug-likeness (QED) is 0.479. The molecule has 0 saturated heterocycles. The number of hydrogen-bond acceptors (Lipinski definition) is 4. The normalized spacial score (nSPS) is 11.6. The minimum Gasteiger partial charge on any atom is -0.398 e. The van der Waals surface area contributed by atoms with Gasteiger partial charge >= 0.3 is 0 Å². The Labute approximate surface area is 148 Å². The Morgan fingerprint density at radius 2 is 1.08 bits per heavy atom. The van der Waals surface area contributed by atoms with Crippen molar-refractivity contribution in [3.05, 3.63) is 102 Å². The van der Waals surface area contributed by atoms with Gasteiger partial charge in [-0.15, -0.1) is 0 Å². The van der Waals surface area contributed by atoms with Gasteiger partial charge in [-0.1, -0.05) is 78.9 Å². The molecule has 0 heterocycles. The fraction of sp³-hybridized carbons (Fsp3) is 0.143. The van der Waals surface area contributed by atoms with Crippen molar-refractivity contribution in [2.24, 2.45) is 11.5 Å². The molecule has 0 unspecified atom stereocenters. The first-order valence-corrected chi connectivity index (χ1v) is 8.33. The molecule has 3 aromatic carbocycles. The van der Waals surface area contributed by atoms with Gasteiger partial charge in [0.15, 0.2) is 5.79 Å². The van der Waals surface area contributed by atoms with Gasteiger partial charge in [-0.3, -0.25) is 16.4 Å². The maximum Gasteiger partial charge on any atom is 0.150 e. The van der Waals surface area contributed by atoms with Crippen molar-refractivity contribution in [1.82, 2.24) is 4.90 Å². The van der Waals surface area contributed by atoms with Gasteiger partial charge in [0.2, 0.25) is 0 Å². The summed E-state index contributed by atoms with van der Waals surface area (Å²) in [5.74, 6) is -1.18. The lowest BCUT2D eigenvalue weighted by atomic mass is 10.0. The van der Waals surface area contributed by atoms with Crippen LogP contribution in [0.2, 0.25) is 0 Å².